The highest BCUT2D eigenvalue weighted by molar-refractivity contribution is 9.10. The minimum absolute atomic E-state index is 0.00634. The molecule has 0 amide bonds. The number of sulfonamides is 1. The molecule has 1 aromatic rings. The van der Waals surface area contributed by atoms with Gasteiger partial charge in [0.2, 0.25) is 10.0 Å². The minimum atomic E-state index is -3.60. The first-order chi connectivity index (χ1) is 9.32. The van der Waals surface area contributed by atoms with Crippen LogP contribution in [0, 0.1) is 5.82 Å². The van der Waals surface area contributed by atoms with E-state index < -0.39 is 15.8 Å². The van der Waals surface area contributed by atoms with Crippen LogP contribution in [0.3, 0.4) is 0 Å². The Morgan fingerprint density at radius 2 is 1.95 bits per heavy atom. The van der Waals surface area contributed by atoms with Crippen LogP contribution in [0.4, 0.5) is 4.39 Å². The van der Waals surface area contributed by atoms with Crippen molar-refractivity contribution in [2.24, 2.45) is 0 Å². The summed E-state index contributed by atoms with van der Waals surface area (Å²) in [6, 6.07) is 3.64. The van der Waals surface area contributed by atoms with Crippen molar-refractivity contribution in [2.75, 3.05) is 27.2 Å². The molecule has 0 aromatic heterocycles. The second-order valence-corrected chi connectivity index (χ2v) is 7.95. The number of benzene rings is 1. The Morgan fingerprint density at radius 1 is 1.35 bits per heavy atom. The van der Waals surface area contributed by atoms with Crippen LogP contribution in [0.1, 0.15) is 12.8 Å². The molecule has 0 radical (unpaired) electrons. The van der Waals surface area contributed by atoms with Gasteiger partial charge in [0.15, 0.2) is 0 Å². The maximum atomic E-state index is 13.1. The molecule has 7 heteroatoms. The topological polar surface area (TPSA) is 40.6 Å². The third kappa shape index (κ3) is 3.21. The van der Waals surface area contributed by atoms with Gasteiger partial charge in [0.1, 0.15) is 5.82 Å². The van der Waals surface area contributed by atoms with Gasteiger partial charge in [0.25, 0.3) is 0 Å². The highest BCUT2D eigenvalue weighted by Gasteiger charge is 2.31. The summed E-state index contributed by atoms with van der Waals surface area (Å²) in [5.74, 6) is -0.460. The summed E-state index contributed by atoms with van der Waals surface area (Å²) < 4.78 is 40.0. The molecule has 112 valence electrons. The van der Waals surface area contributed by atoms with E-state index in [0.717, 1.165) is 25.9 Å². The normalized spacial score (nSPS) is 18.6. The average Bonchev–Trinajstić information content (AvgIpc) is 2.38. The van der Waals surface area contributed by atoms with Crippen molar-refractivity contribution in [3.63, 3.8) is 0 Å². The van der Waals surface area contributed by atoms with Crippen molar-refractivity contribution in [1.82, 2.24) is 9.21 Å². The summed E-state index contributed by atoms with van der Waals surface area (Å²) in [4.78, 5) is 2.30. The molecule has 0 spiro atoms. The molecule has 1 fully saturated rings. The van der Waals surface area contributed by atoms with E-state index in [1.165, 1.54) is 22.5 Å². The lowest BCUT2D eigenvalue weighted by molar-refractivity contribution is 0.197. The van der Waals surface area contributed by atoms with Gasteiger partial charge in [-0.2, -0.15) is 4.31 Å². The fraction of sp³-hybridized carbons (Fsp3) is 0.538. The molecule has 0 atom stereocenters. The molecule has 1 heterocycles. The number of halogens is 2. The van der Waals surface area contributed by atoms with E-state index in [9.17, 15) is 12.8 Å². The van der Waals surface area contributed by atoms with E-state index in [0.29, 0.717) is 0 Å². The first-order valence-electron chi connectivity index (χ1n) is 6.44. The summed E-state index contributed by atoms with van der Waals surface area (Å²) in [7, 11) is 0.0251. The summed E-state index contributed by atoms with van der Waals surface area (Å²) in [6.45, 7) is 1.77. The standard InChI is InChI=1S/C13H18BrFN2O2S/c1-16-7-5-11(6-8-16)17(2)20(18,19)13-4-3-10(15)9-12(13)14/h3-4,9,11H,5-8H2,1-2H3. The zero-order valence-corrected chi connectivity index (χ0v) is 13.9. The highest BCUT2D eigenvalue weighted by Crippen LogP contribution is 2.28. The van der Waals surface area contributed by atoms with Crippen LogP contribution >= 0.6 is 15.9 Å². The SMILES string of the molecule is CN1CCC(N(C)S(=O)(=O)c2ccc(F)cc2Br)CC1. The van der Waals surface area contributed by atoms with Gasteiger partial charge < -0.3 is 4.90 Å². The summed E-state index contributed by atoms with van der Waals surface area (Å²) in [5.41, 5.74) is 0. The summed E-state index contributed by atoms with van der Waals surface area (Å²) >= 11 is 3.13. The Labute approximate surface area is 127 Å². The molecule has 4 nitrogen and oxygen atoms in total. The summed E-state index contributed by atoms with van der Waals surface area (Å²) in [6.07, 6.45) is 1.62. The monoisotopic (exact) mass is 364 g/mol. The summed E-state index contributed by atoms with van der Waals surface area (Å²) in [5, 5.41) is 0. The molecular weight excluding hydrogens is 347 g/mol. The smallest absolute Gasteiger partial charge is 0.244 e. The number of piperidine rings is 1. The van der Waals surface area contributed by atoms with Crippen LogP contribution in [0.5, 0.6) is 0 Å². The fourth-order valence-electron chi connectivity index (χ4n) is 2.39. The van der Waals surface area contributed by atoms with Gasteiger partial charge in [-0.15, -0.1) is 0 Å². The predicted octanol–water partition coefficient (Wildman–Crippen LogP) is 2.30. The molecule has 1 aliphatic heterocycles. The Kier molecular flexibility index (Phi) is 4.84. The van der Waals surface area contributed by atoms with Crippen LogP contribution in [-0.4, -0.2) is 50.8 Å². The van der Waals surface area contributed by atoms with Crippen molar-refractivity contribution in [2.45, 2.75) is 23.8 Å². The number of nitrogens with zero attached hydrogens (tertiary/aromatic N) is 2. The molecule has 0 unspecified atom stereocenters. The predicted molar refractivity (Wildman–Crippen MR) is 79.6 cm³/mol. The van der Waals surface area contributed by atoms with E-state index in [4.69, 9.17) is 0 Å². The van der Waals surface area contributed by atoms with Crippen molar-refractivity contribution < 1.29 is 12.8 Å². The molecule has 0 saturated carbocycles. The lowest BCUT2D eigenvalue weighted by atomic mass is 10.1. The van der Waals surface area contributed by atoms with E-state index in [2.05, 4.69) is 20.8 Å². The fourth-order valence-corrected chi connectivity index (χ4v) is 4.82. The van der Waals surface area contributed by atoms with Gasteiger partial charge in [-0.1, -0.05) is 0 Å². The van der Waals surface area contributed by atoms with Crippen LogP contribution in [0.15, 0.2) is 27.6 Å². The third-order valence-electron chi connectivity index (χ3n) is 3.75. The zero-order chi connectivity index (χ0) is 14.9. The van der Waals surface area contributed by atoms with Gasteiger partial charge in [-0.25, -0.2) is 12.8 Å². The van der Waals surface area contributed by atoms with Crippen molar-refractivity contribution in [1.29, 1.82) is 0 Å². The first kappa shape index (κ1) is 15.9. The third-order valence-corrected chi connectivity index (χ3v) is 6.64. The maximum absolute atomic E-state index is 13.1. The van der Waals surface area contributed by atoms with Gasteiger partial charge in [-0.05, 0) is 67.1 Å². The maximum Gasteiger partial charge on any atom is 0.244 e. The first-order valence-corrected chi connectivity index (χ1v) is 8.67. The quantitative estimate of drug-likeness (QED) is 0.826. The molecular formula is C13H18BrFN2O2S. The van der Waals surface area contributed by atoms with E-state index in [-0.39, 0.29) is 15.4 Å². The highest BCUT2D eigenvalue weighted by atomic mass is 79.9. The van der Waals surface area contributed by atoms with Crippen molar-refractivity contribution in [3.8, 4) is 0 Å². The molecule has 0 bridgehead atoms. The lowest BCUT2D eigenvalue weighted by Gasteiger charge is -2.34. The molecule has 1 aromatic carbocycles. The Hall–Kier alpha value is -0.500. The second kappa shape index (κ2) is 6.09. The number of hydrogen-bond donors (Lipinski definition) is 0. The minimum Gasteiger partial charge on any atom is -0.306 e. The van der Waals surface area contributed by atoms with E-state index in [1.807, 2.05) is 7.05 Å². The van der Waals surface area contributed by atoms with Crippen molar-refractivity contribution in [3.05, 3.63) is 28.5 Å². The zero-order valence-electron chi connectivity index (χ0n) is 11.5. The molecule has 20 heavy (non-hydrogen) atoms. The van der Waals surface area contributed by atoms with Gasteiger partial charge >= 0.3 is 0 Å². The van der Waals surface area contributed by atoms with Gasteiger partial charge in [0.05, 0.1) is 4.90 Å². The molecule has 0 N–H and O–H groups in total. The number of rotatable bonds is 3. The van der Waals surface area contributed by atoms with Crippen LogP contribution in [0.2, 0.25) is 0 Å². The molecule has 1 aliphatic rings. The average molecular weight is 365 g/mol. The lowest BCUT2D eigenvalue weighted by Crippen LogP contribution is -2.44. The molecule has 1 saturated heterocycles. The van der Waals surface area contributed by atoms with E-state index in [1.54, 1.807) is 7.05 Å². The number of hydrogen-bond acceptors (Lipinski definition) is 3. The second-order valence-electron chi connectivity index (χ2n) is 5.13. The van der Waals surface area contributed by atoms with Gasteiger partial charge in [-0.3, -0.25) is 0 Å². The number of likely N-dealkylation sites (tertiary alicyclic amines) is 1. The Bertz CT molecular complexity index is 586. The van der Waals surface area contributed by atoms with Gasteiger partial charge in [0, 0.05) is 17.6 Å². The van der Waals surface area contributed by atoms with E-state index >= 15 is 0 Å². The molecule has 0 aliphatic carbocycles. The Morgan fingerprint density at radius 3 is 2.50 bits per heavy atom. The Balaban J connectivity index is 2.25. The van der Waals surface area contributed by atoms with Crippen molar-refractivity contribution >= 4 is 26.0 Å². The van der Waals surface area contributed by atoms with Crippen LogP contribution in [-0.2, 0) is 10.0 Å². The molecule has 2 rings (SSSR count). The van der Waals surface area contributed by atoms with Crippen LogP contribution < -0.4 is 0 Å². The largest absolute Gasteiger partial charge is 0.306 e. The van der Waals surface area contributed by atoms with Crippen LogP contribution in [0.25, 0.3) is 0 Å².